The molecule has 0 aliphatic heterocycles. The minimum atomic E-state index is -0.638. The molecule has 0 aliphatic rings. The number of anilines is 1. The van der Waals surface area contributed by atoms with Crippen molar-refractivity contribution in [3.05, 3.63) is 47.2 Å². The van der Waals surface area contributed by atoms with Gasteiger partial charge in [-0.15, -0.1) is 0 Å². The molecule has 7 nitrogen and oxygen atoms in total. The maximum absolute atomic E-state index is 12.0. The summed E-state index contributed by atoms with van der Waals surface area (Å²) in [7, 11) is 0. The number of fused-ring (bicyclic) bond motifs is 2. The van der Waals surface area contributed by atoms with E-state index in [1.165, 1.54) is 6.26 Å². The van der Waals surface area contributed by atoms with Crippen molar-refractivity contribution in [2.75, 3.05) is 5.73 Å². The van der Waals surface area contributed by atoms with Gasteiger partial charge in [0.15, 0.2) is 5.65 Å². The van der Waals surface area contributed by atoms with Gasteiger partial charge in [-0.05, 0) is 37.6 Å². The van der Waals surface area contributed by atoms with Crippen molar-refractivity contribution < 1.29 is 14.3 Å². The Balaban J connectivity index is 2.23. The number of rotatable bonds is 2. The summed E-state index contributed by atoms with van der Waals surface area (Å²) in [6.07, 6.45) is 1.53. The number of benzene rings is 1. The van der Waals surface area contributed by atoms with Crippen LogP contribution in [0.5, 0.6) is 5.75 Å². The molecule has 4 rings (SSSR count). The molecule has 0 fully saturated rings. The zero-order chi connectivity index (χ0) is 17.9. The number of hydrogen-bond acceptors (Lipinski definition) is 5. The summed E-state index contributed by atoms with van der Waals surface area (Å²) in [5.74, 6) is -0.331. The Morgan fingerprint density at radius 3 is 2.76 bits per heavy atom. The molecule has 0 unspecified atom stereocenters. The number of amides is 1. The molecule has 25 heavy (non-hydrogen) atoms. The molecule has 3 heterocycles. The highest BCUT2D eigenvalue weighted by molar-refractivity contribution is 6.12. The molecule has 0 aliphatic carbocycles. The van der Waals surface area contributed by atoms with Crippen molar-refractivity contribution in [3.63, 3.8) is 0 Å². The molecule has 1 aromatic carbocycles. The molecular weight excluding hydrogens is 320 g/mol. The van der Waals surface area contributed by atoms with Crippen LogP contribution in [0.25, 0.3) is 27.8 Å². The van der Waals surface area contributed by atoms with Crippen LogP contribution in [0, 0.1) is 13.8 Å². The molecule has 0 bridgehead atoms. The van der Waals surface area contributed by atoms with E-state index < -0.39 is 5.91 Å². The number of nitrogens with zero attached hydrogens (tertiary/aromatic N) is 2. The fourth-order valence-electron chi connectivity index (χ4n) is 3.26. The maximum Gasteiger partial charge on any atom is 0.253 e. The molecule has 1 amide bonds. The van der Waals surface area contributed by atoms with Crippen molar-refractivity contribution >= 4 is 33.9 Å². The van der Waals surface area contributed by atoms with Gasteiger partial charge in [-0.25, -0.2) is 0 Å². The van der Waals surface area contributed by atoms with E-state index in [0.29, 0.717) is 28.0 Å². The van der Waals surface area contributed by atoms with Crippen LogP contribution in [0.4, 0.5) is 5.82 Å². The molecule has 5 N–H and O–H groups in total. The summed E-state index contributed by atoms with van der Waals surface area (Å²) in [6.45, 7) is 3.67. The highest BCUT2D eigenvalue weighted by Gasteiger charge is 2.24. The van der Waals surface area contributed by atoms with Gasteiger partial charge in [0.2, 0.25) is 5.71 Å². The Hall–Kier alpha value is -3.48. The highest BCUT2D eigenvalue weighted by atomic mass is 16.3. The van der Waals surface area contributed by atoms with Crippen LogP contribution in [0.15, 0.2) is 34.9 Å². The summed E-state index contributed by atoms with van der Waals surface area (Å²) in [5.41, 5.74) is 15.1. The van der Waals surface area contributed by atoms with Gasteiger partial charge in [0.05, 0.1) is 17.5 Å². The van der Waals surface area contributed by atoms with Gasteiger partial charge >= 0.3 is 0 Å². The largest absolute Gasteiger partial charge is 0.508 e. The molecule has 4 aromatic rings. The summed E-state index contributed by atoms with van der Waals surface area (Å²) in [4.78, 5) is 16.5. The number of hydrogen-bond donors (Lipinski definition) is 3. The number of primary amides is 1. The lowest BCUT2D eigenvalue weighted by molar-refractivity contribution is 0.100. The molecular formula is C18H16N4O3. The maximum atomic E-state index is 12.0. The second-order valence-corrected chi connectivity index (χ2v) is 6.01. The van der Waals surface area contributed by atoms with Crippen LogP contribution in [0.1, 0.15) is 21.5 Å². The molecule has 3 aromatic heterocycles. The van der Waals surface area contributed by atoms with E-state index >= 15 is 0 Å². The molecule has 0 spiro atoms. The van der Waals surface area contributed by atoms with Crippen LogP contribution >= 0.6 is 0 Å². The summed E-state index contributed by atoms with van der Waals surface area (Å²) < 4.78 is 7.02. The fraction of sp³-hybridized carbons (Fsp3) is 0.111. The normalized spacial score (nSPS) is 11.4. The predicted octanol–water partition coefficient (Wildman–Crippen LogP) is 2.78. The minimum Gasteiger partial charge on any atom is -0.508 e. The first-order chi connectivity index (χ1) is 11.9. The molecule has 126 valence electrons. The molecule has 0 saturated carbocycles. The van der Waals surface area contributed by atoms with Crippen molar-refractivity contribution in [1.82, 2.24) is 9.55 Å². The number of aromatic hydroxyl groups is 1. The zero-order valence-corrected chi connectivity index (χ0v) is 13.7. The zero-order valence-electron chi connectivity index (χ0n) is 13.7. The predicted molar refractivity (Wildman–Crippen MR) is 94.9 cm³/mol. The number of aromatic nitrogens is 2. The second-order valence-electron chi connectivity index (χ2n) is 6.01. The Bertz CT molecular complexity index is 1170. The van der Waals surface area contributed by atoms with E-state index in [0.717, 1.165) is 10.9 Å². The SMILES string of the molecule is Cc1ccc(O)c(C)c1-n1c(N)c(C(N)=O)c2cc3ccoc3nc21. The van der Waals surface area contributed by atoms with E-state index in [9.17, 15) is 9.90 Å². The van der Waals surface area contributed by atoms with Crippen molar-refractivity contribution in [3.8, 4) is 11.4 Å². The Kier molecular flexibility index (Phi) is 3.02. The minimum absolute atomic E-state index is 0.126. The lowest BCUT2D eigenvalue weighted by Crippen LogP contribution is -2.14. The van der Waals surface area contributed by atoms with Crippen molar-refractivity contribution in [1.29, 1.82) is 0 Å². The van der Waals surface area contributed by atoms with Crippen LogP contribution in [0.3, 0.4) is 0 Å². The quantitative estimate of drug-likeness (QED) is 0.520. The van der Waals surface area contributed by atoms with Crippen LogP contribution in [0.2, 0.25) is 0 Å². The first-order valence-electron chi connectivity index (χ1n) is 7.67. The first kappa shape index (κ1) is 15.1. The number of nitrogens with two attached hydrogens (primary N) is 2. The van der Waals surface area contributed by atoms with E-state index in [1.54, 1.807) is 35.8 Å². The Labute approximate surface area is 142 Å². The van der Waals surface area contributed by atoms with Gasteiger partial charge in [-0.3, -0.25) is 9.36 Å². The van der Waals surface area contributed by atoms with E-state index in [2.05, 4.69) is 4.98 Å². The van der Waals surface area contributed by atoms with Crippen LogP contribution in [-0.2, 0) is 0 Å². The smallest absolute Gasteiger partial charge is 0.253 e. The molecule has 0 atom stereocenters. The number of carbonyl (C=O) groups excluding carboxylic acids is 1. The monoisotopic (exact) mass is 336 g/mol. The van der Waals surface area contributed by atoms with Gasteiger partial charge in [0, 0.05) is 16.3 Å². The van der Waals surface area contributed by atoms with E-state index in [4.69, 9.17) is 15.9 Å². The molecule has 7 heteroatoms. The third-order valence-electron chi connectivity index (χ3n) is 4.47. The standard InChI is InChI=1S/C18H16N4O3/c1-8-3-4-12(23)9(2)14(8)22-15(19)13(16(20)24)11-7-10-5-6-25-18(10)21-17(11)22/h3-7,23H,19H2,1-2H3,(H2,20,24). The lowest BCUT2D eigenvalue weighted by atomic mass is 10.1. The first-order valence-corrected chi connectivity index (χ1v) is 7.67. The number of nitrogen functional groups attached to an aromatic ring is 1. The number of aryl methyl sites for hydroxylation is 1. The van der Waals surface area contributed by atoms with Crippen LogP contribution < -0.4 is 11.5 Å². The highest BCUT2D eigenvalue weighted by Crippen LogP contribution is 2.36. The average molecular weight is 336 g/mol. The number of phenols is 1. The second kappa shape index (κ2) is 5.01. The van der Waals surface area contributed by atoms with Gasteiger partial charge in [-0.1, -0.05) is 6.07 Å². The average Bonchev–Trinajstić information content (AvgIpc) is 3.11. The summed E-state index contributed by atoms with van der Waals surface area (Å²) >= 11 is 0. The molecule has 0 radical (unpaired) electrons. The van der Waals surface area contributed by atoms with Gasteiger partial charge in [0.25, 0.3) is 5.91 Å². The van der Waals surface area contributed by atoms with Gasteiger partial charge < -0.3 is 21.0 Å². The summed E-state index contributed by atoms with van der Waals surface area (Å²) in [6, 6.07) is 6.92. The number of pyridine rings is 1. The third-order valence-corrected chi connectivity index (χ3v) is 4.47. The lowest BCUT2D eigenvalue weighted by Gasteiger charge is -2.15. The number of carbonyl (C=O) groups is 1. The Morgan fingerprint density at radius 2 is 2.04 bits per heavy atom. The van der Waals surface area contributed by atoms with E-state index in [-0.39, 0.29) is 17.1 Å². The topological polar surface area (TPSA) is 120 Å². The van der Waals surface area contributed by atoms with Gasteiger partial charge in [-0.2, -0.15) is 4.98 Å². The van der Waals surface area contributed by atoms with E-state index in [1.807, 2.05) is 6.92 Å². The fourth-order valence-corrected chi connectivity index (χ4v) is 3.26. The number of furan rings is 1. The molecule has 0 saturated heterocycles. The van der Waals surface area contributed by atoms with Crippen LogP contribution in [-0.4, -0.2) is 20.6 Å². The van der Waals surface area contributed by atoms with Gasteiger partial charge in [0.1, 0.15) is 11.6 Å². The number of phenolic OH excluding ortho intramolecular Hbond substituents is 1. The Morgan fingerprint density at radius 1 is 1.28 bits per heavy atom. The van der Waals surface area contributed by atoms with Crippen molar-refractivity contribution in [2.24, 2.45) is 5.73 Å². The third kappa shape index (κ3) is 1.99. The summed E-state index contributed by atoms with van der Waals surface area (Å²) in [5, 5.41) is 11.4. The van der Waals surface area contributed by atoms with Crippen molar-refractivity contribution in [2.45, 2.75) is 13.8 Å².